The van der Waals surface area contributed by atoms with Crippen molar-refractivity contribution in [3.8, 4) is 22.9 Å². The molecule has 10 nitrogen and oxygen atoms in total. The van der Waals surface area contributed by atoms with Gasteiger partial charge in [0.25, 0.3) is 11.6 Å². The van der Waals surface area contributed by atoms with E-state index in [9.17, 15) is 14.9 Å². The summed E-state index contributed by atoms with van der Waals surface area (Å²) in [4.78, 5) is 28.4. The summed E-state index contributed by atoms with van der Waals surface area (Å²) in [5, 5.41) is 17.4. The summed E-state index contributed by atoms with van der Waals surface area (Å²) in [6.45, 7) is 0.896. The summed E-state index contributed by atoms with van der Waals surface area (Å²) < 4.78 is 13.4. The molecule has 1 aromatic heterocycles. The number of anilines is 2. The Balaban J connectivity index is 1.46. The van der Waals surface area contributed by atoms with Gasteiger partial charge in [0, 0.05) is 54.0 Å². The molecule has 0 unspecified atom stereocenters. The van der Waals surface area contributed by atoms with E-state index in [0.717, 1.165) is 17.1 Å². The number of nitro benzene ring substituents is 1. The fourth-order valence-electron chi connectivity index (χ4n) is 4.49. The zero-order valence-corrected chi connectivity index (χ0v) is 19.7. The van der Waals surface area contributed by atoms with Crippen molar-refractivity contribution in [1.82, 2.24) is 9.55 Å². The Morgan fingerprint density at radius 2 is 1.84 bits per heavy atom. The minimum Gasteiger partial charge on any atom is -0.486 e. The Morgan fingerprint density at radius 1 is 1.05 bits per heavy atom. The fraction of sp³-hybridized carbons (Fsp3) is 0.111. The van der Waals surface area contributed by atoms with Crippen molar-refractivity contribution in [2.75, 3.05) is 23.8 Å². The first kappa shape index (κ1) is 22.4. The van der Waals surface area contributed by atoms with Crippen LogP contribution in [0.15, 0.2) is 73.1 Å². The fourth-order valence-corrected chi connectivity index (χ4v) is 4.49. The van der Waals surface area contributed by atoms with E-state index in [0.29, 0.717) is 52.8 Å². The van der Waals surface area contributed by atoms with Crippen LogP contribution < -0.4 is 20.1 Å². The van der Waals surface area contributed by atoms with E-state index in [4.69, 9.17) is 9.47 Å². The number of carbonyl (C=O) groups is 1. The number of nitro groups is 1. The van der Waals surface area contributed by atoms with Gasteiger partial charge in [0.2, 0.25) is 0 Å². The lowest BCUT2D eigenvalue weighted by Crippen LogP contribution is -2.16. The maximum atomic E-state index is 13.2. The quantitative estimate of drug-likeness (QED) is 0.234. The molecule has 4 aromatic rings. The van der Waals surface area contributed by atoms with Crippen molar-refractivity contribution in [3.63, 3.8) is 0 Å². The number of nitrogens with one attached hydrogen (secondary N) is 2. The maximum absolute atomic E-state index is 13.2. The van der Waals surface area contributed by atoms with E-state index in [1.807, 2.05) is 54.2 Å². The molecular weight excluding hydrogens is 474 g/mol. The predicted molar refractivity (Wildman–Crippen MR) is 138 cm³/mol. The largest absolute Gasteiger partial charge is 0.486 e. The second-order valence-corrected chi connectivity index (χ2v) is 8.61. The van der Waals surface area contributed by atoms with Gasteiger partial charge in [0.15, 0.2) is 11.5 Å². The van der Waals surface area contributed by atoms with Crippen molar-refractivity contribution in [2.24, 2.45) is 7.05 Å². The molecule has 0 fully saturated rings. The highest BCUT2D eigenvalue weighted by Gasteiger charge is 2.30. The van der Waals surface area contributed by atoms with Crippen molar-refractivity contribution in [2.45, 2.75) is 0 Å². The number of rotatable bonds is 5. The van der Waals surface area contributed by atoms with Gasteiger partial charge in [-0.15, -0.1) is 0 Å². The summed E-state index contributed by atoms with van der Waals surface area (Å²) in [6.07, 6.45) is 3.62. The van der Waals surface area contributed by atoms with Crippen LogP contribution in [0.5, 0.6) is 11.5 Å². The third-order valence-corrected chi connectivity index (χ3v) is 6.27. The van der Waals surface area contributed by atoms with Gasteiger partial charge in [-0.25, -0.2) is 4.98 Å². The molecule has 184 valence electrons. The Labute approximate surface area is 211 Å². The second-order valence-electron chi connectivity index (χ2n) is 8.61. The van der Waals surface area contributed by atoms with Crippen molar-refractivity contribution in [3.05, 3.63) is 94.3 Å². The van der Waals surface area contributed by atoms with Crippen LogP contribution in [0.25, 0.3) is 22.7 Å². The summed E-state index contributed by atoms with van der Waals surface area (Å²) in [5.41, 5.74) is 4.16. The van der Waals surface area contributed by atoms with Gasteiger partial charge in [-0.1, -0.05) is 0 Å². The van der Waals surface area contributed by atoms with Gasteiger partial charge < -0.3 is 24.7 Å². The molecule has 3 heterocycles. The molecule has 0 saturated carbocycles. The zero-order valence-electron chi connectivity index (χ0n) is 19.7. The van der Waals surface area contributed by atoms with Gasteiger partial charge >= 0.3 is 0 Å². The van der Waals surface area contributed by atoms with Gasteiger partial charge in [0.1, 0.15) is 19.0 Å². The topological polar surface area (TPSA) is 121 Å². The highest BCUT2D eigenvalue weighted by molar-refractivity contribution is 6.37. The van der Waals surface area contributed by atoms with Crippen LogP contribution in [0.1, 0.15) is 11.1 Å². The van der Waals surface area contributed by atoms with E-state index in [2.05, 4.69) is 15.6 Å². The molecule has 0 saturated heterocycles. The lowest BCUT2D eigenvalue weighted by atomic mass is 9.99. The van der Waals surface area contributed by atoms with Gasteiger partial charge in [-0.2, -0.15) is 0 Å². The molecule has 0 atom stereocenters. The number of hydrogen-bond donors (Lipinski definition) is 2. The van der Waals surface area contributed by atoms with Crippen LogP contribution in [0.4, 0.5) is 17.1 Å². The summed E-state index contributed by atoms with van der Waals surface area (Å²) >= 11 is 0. The van der Waals surface area contributed by atoms with E-state index in [1.165, 1.54) is 12.1 Å². The highest BCUT2D eigenvalue weighted by atomic mass is 16.6. The number of imidazole rings is 1. The Hall–Kier alpha value is -5.12. The number of non-ortho nitro benzene ring substituents is 1. The number of carbonyl (C=O) groups excluding carboxylic acids is 1. The molecule has 3 aromatic carbocycles. The molecule has 6 rings (SSSR count). The number of aromatic nitrogens is 2. The lowest BCUT2D eigenvalue weighted by molar-refractivity contribution is -0.384. The second kappa shape index (κ2) is 8.83. The number of benzene rings is 3. The van der Waals surface area contributed by atoms with Gasteiger partial charge in [-0.05, 0) is 48.5 Å². The number of nitrogens with zero attached hydrogens (tertiary/aromatic N) is 3. The SMILES string of the molecule is Cn1ccnc1-c1ccc(N/C(=C2\C(=O)Nc3cc([N+](=O)[O-])ccc32)c2ccc3c(c2)OCCO3)cc1. The predicted octanol–water partition coefficient (Wildman–Crippen LogP) is 4.70. The number of hydrogen-bond acceptors (Lipinski definition) is 7. The van der Waals surface area contributed by atoms with Crippen LogP contribution >= 0.6 is 0 Å². The molecule has 0 bridgehead atoms. The van der Waals surface area contributed by atoms with Crippen LogP contribution in [-0.4, -0.2) is 33.6 Å². The standard InChI is InChI=1S/C27H21N5O5/c1-31-11-10-28-26(31)16-2-5-18(6-3-16)29-25(17-4-9-22-23(14-17)37-13-12-36-22)24-20-8-7-19(32(34)35)15-21(20)30-27(24)33/h2-11,14-15,29H,12-13H2,1H3,(H,30,33)/b25-24-. The summed E-state index contributed by atoms with van der Waals surface area (Å²) in [7, 11) is 1.93. The minimum atomic E-state index is -0.489. The van der Waals surface area contributed by atoms with Crippen molar-refractivity contribution in [1.29, 1.82) is 0 Å². The number of ether oxygens (including phenoxy) is 2. The molecule has 0 aliphatic carbocycles. The van der Waals surface area contributed by atoms with Crippen LogP contribution in [0.2, 0.25) is 0 Å². The van der Waals surface area contributed by atoms with Crippen molar-refractivity contribution < 1.29 is 19.2 Å². The van der Waals surface area contributed by atoms with E-state index in [-0.39, 0.29) is 11.6 Å². The molecule has 0 radical (unpaired) electrons. The molecule has 1 amide bonds. The van der Waals surface area contributed by atoms with E-state index in [1.54, 1.807) is 18.3 Å². The molecule has 0 spiro atoms. The van der Waals surface area contributed by atoms with Gasteiger partial charge in [0.05, 0.1) is 21.9 Å². The van der Waals surface area contributed by atoms with Crippen LogP contribution in [0.3, 0.4) is 0 Å². The normalized spacial score (nSPS) is 15.1. The minimum absolute atomic E-state index is 0.0981. The maximum Gasteiger partial charge on any atom is 0.271 e. The van der Waals surface area contributed by atoms with Crippen molar-refractivity contribution >= 4 is 34.2 Å². The van der Waals surface area contributed by atoms with Crippen LogP contribution in [-0.2, 0) is 11.8 Å². The molecule has 2 aliphatic rings. The van der Waals surface area contributed by atoms with Crippen LogP contribution in [0, 0.1) is 10.1 Å². The first-order valence-corrected chi connectivity index (χ1v) is 11.6. The van der Waals surface area contributed by atoms with E-state index < -0.39 is 4.92 Å². The Morgan fingerprint density at radius 3 is 2.57 bits per heavy atom. The third kappa shape index (κ3) is 4.04. The monoisotopic (exact) mass is 495 g/mol. The number of fused-ring (bicyclic) bond motifs is 2. The smallest absolute Gasteiger partial charge is 0.271 e. The number of amides is 1. The Kier molecular flexibility index (Phi) is 5.33. The average molecular weight is 495 g/mol. The molecule has 10 heteroatoms. The lowest BCUT2D eigenvalue weighted by Gasteiger charge is -2.21. The van der Waals surface area contributed by atoms with E-state index >= 15 is 0 Å². The first-order valence-electron chi connectivity index (χ1n) is 11.6. The van der Waals surface area contributed by atoms with Gasteiger partial charge in [-0.3, -0.25) is 14.9 Å². The average Bonchev–Trinajstić information content (AvgIpc) is 3.48. The zero-order chi connectivity index (χ0) is 25.5. The molecule has 2 N–H and O–H groups in total. The molecular formula is C27H21N5O5. The molecule has 2 aliphatic heterocycles. The summed E-state index contributed by atoms with van der Waals surface area (Å²) in [5.74, 6) is 1.68. The first-order chi connectivity index (χ1) is 18.0. The Bertz CT molecular complexity index is 1590. The molecule has 37 heavy (non-hydrogen) atoms. The number of aryl methyl sites for hydroxylation is 1. The highest BCUT2D eigenvalue weighted by Crippen LogP contribution is 2.41. The third-order valence-electron chi connectivity index (χ3n) is 6.27. The summed E-state index contributed by atoms with van der Waals surface area (Å²) in [6, 6.07) is 17.5.